The van der Waals surface area contributed by atoms with Crippen molar-refractivity contribution in [1.82, 2.24) is 30.2 Å². The van der Waals surface area contributed by atoms with Gasteiger partial charge in [-0.2, -0.15) is 26.3 Å². The molecule has 7 unspecified atom stereocenters. The van der Waals surface area contributed by atoms with Crippen LogP contribution >= 0.6 is 0 Å². The molecule has 1 saturated heterocycles. The summed E-state index contributed by atoms with van der Waals surface area (Å²) in [6.45, 7) is 3.62. The number of rotatable bonds is 10. The number of hydrogen-bond acceptors (Lipinski definition) is 12. The number of carbonyl (C=O) groups is 4. The molecule has 348 valence electrons. The molecule has 6 rings (SSSR count). The minimum atomic E-state index is -5.11. The largest absolute Gasteiger partial charge is 0.497 e. The van der Waals surface area contributed by atoms with Crippen LogP contribution < -0.4 is 24.8 Å². The van der Waals surface area contributed by atoms with Gasteiger partial charge in [0, 0.05) is 31.4 Å². The van der Waals surface area contributed by atoms with Crippen LogP contribution in [0, 0.1) is 17.8 Å². The monoisotopic (exact) mass is 920 g/mol. The zero-order chi connectivity index (χ0) is 46.5. The van der Waals surface area contributed by atoms with Crippen LogP contribution in [0.1, 0.15) is 78.3 Å². The van der Waals surface area contributed by atoms with Crippen LogP contribution in [-0.2, 0) is 40.1 Å². The lowest BCUT2D eigenvalue weighted by Gasteiger charge is -2.35. The summed E-state index contributed by atoms with van der Waals surface area (Å²) in [4.78, 5) is 65.4. The van der Waals surface area contributed by atoms with E-state index in [0.717, 1.165) is 4.90 Å². The standard InChI is InChI=1S/C40H50F6N6O10S/c1-21-9-7-8-10-23-18-38(23,34(55)51-63(57,58)37(4)13-14-37)50-31(53)28-17-25(61-32-30(39(41,42)43)47-26-12-11-24(60-6)16-27(26)48-32)19-52(28)33(54)29(22(15-21)20-59-5)49-35(56)62-36(2,3)40(44,45)46/h8,10-12,16,21-23,25,28-29H,7,9,13-15,17-20H2,1-6H3,(H,49,56)(H,50,53)(H,51,55). The molecular formula is C40H50F6N6O10S. The van der Waals surface area contributed by atoms with Crippen LogP contribution in [0.25, 0.3) is 11.0 Å². The molecule has 3 fully saturated rings. The molecule has 2 aromatic rings. The number of amides is 4. The molecule has 0 radical (unpaired) electrons. The van der Waals surface area contributed by atoms with Gasteiger partial charge in [0.1, 0.15) is 29.5 Å². The van der Waals surface area contributed by atoms with Gasteiger partial charge in [0.15, 0.2) is 0 Å². The first-order valence-corrected chi connectivity index (χ1v) is 21.7. The van der Waals surface area contributed by atoms with Gasteiger partial charge in [0.05, 0.1) is 36.0 Å². The normalized spacial score (nSPS) is 27.8. The van der Waals surface area contributed by atoms with E-state index in [4.69, 9.17) is 18.9 Å². The first-order chi connectivity index (χ1) is 29.2. The fraction of sp³-hybridized carbons (Fsp3) is 0.650. The van der Waals surface area contributed by atoms with E-state index in [0.29, 0.717) is 39.5 Å². The predicted molar refractivity (Wildman–Crippen MR) is 210 cm³/mol. The van der Waals surface area contributed by atoms with Crippen molar-refractivity contribution in [2.45, 2.75) is 119 Å². The van der Waals surface area contributed by atoms with Gasteiger partial charge in [-0.1, -0.05) is 19.1 Å². The molecule has 3 heterocycles. The number of nitrogens with zero attached hydrogens (tertiary/aromatic N) is 3. The molecule has 2 aliphatic heterocycles. The second kappa shape index (κ2) is 17.2. The summed E-state index contributed by atoms with van der Waals surface area (Å²) in [5, 5.41) is 4.88. The van der Waals surface area contributed by atoms with Crippen molar-refractivity contribution in [3.63, 3.8) is 0 Å². The minimum Gasteiger partial charge on any atom is -0.497 e. The number of carbonyl (C=O) groups excluding carboxylic acids is 4. The smallest absolute Gasteiger partial charge is 0.438 e. The number of nitrogens with one attached hydrogen (secondary N) is 3. The summed E-state index contributed by atoms with van der Waals surface area (Å²) in [5.41, 5.74) is -6.60. The molecule has 0 bridgehead atoms. The number of halogens is 6. The number of benzene rings is 1. The Morgan fingerprint density at radius 2 is 1.73 bits per heavy atom. The SMILES string of the molecule is COCC1CC(C)CCC=CC2CC2(C(=O)NS(=O)(=O)C2(C)CC2)NC(=O)C2CC(Oc3nc4cc(OC)ccc4nc3C(F)(F)F)CN2C(=O)C1NC(=O)OC(C)(C)C(F)(F)F. The van der Waals surface area contributed by atoms with Gasteiger partial charge in [-0.25, -0.2) is 23.2 Å². The highest BCUT2D eigenvalue weighted by molar-refractivity contribution is 7.91. The number of aromatic nitrogens is 2. The van der Waals surface area contributed by atoms with E-state index in [2.05, 4.69) is 25.3 Å². The summed E-state index contributed by atoms with van der Waals surface area (Å²) in [5.74, 6) is -5.81. The Hall–Kier alpha value is -4.93. The van der Waals surface area contributed by atoms with Crippen molar-refractivity contribution in [3.05, 3.63) is 36.0 Å². The van der Waals surface area contributed by atoms with Crippen molar-refractivity contribution in [3.8, 4) is 11.6 Å². The lowest BCUT2D eigenvalue weighted by Crippen LogP contribution is -2.60. The lowest BCUT2D eigenvalue weighted by atomic mass is 9.87. The summed E-state index contributed by atoms with van der Waals surface area (Å²) < 4.78 is 134. The number of allylic oxidation sites excluding steroid dienone is 1. The Kier molecular flexibility index (Phi) is 13.0. The Balaban J connectivity index is 1.41. The quantitative estimate of drug-likeness (QED) is 0.214. The van der Waals surface area contributed by atoms with Gasteiger partial charge in [-0.05, 0) is 77.3 Å². The fourth-order valence-corrected chi connectivity index (χ4v) is 9.12. The average molecular weight is 921 g/mol. The maximum Gasteiger partial charge on any atom is 0.438 e. The van der Waals surface area contributed by atoms with Crippen LogP contribution in [0.2, 0.25) is 0 Å². The summed E-state index contributed by atoms with van der Waals surface area (Å²) in [7, 11) is -1.58. The number of alkyl carbamates (subject to hydrolysis) is 1. The molecule has 3 N–H and O–H groups in total. The lowest BCUT2D eigenvalue weighted by molar-refractivity contribution is -0.244. The van der Waals surface area contributed by atoms with Crippen LogP contribution in [0.4, 0.5) is 31.1 Å². The van der Waals surface area contributed by atoms with Crippen LogP contribution in [0.5, 0.6) is 11.6 Å². The van der Waals surface area contributed by atoms with Crippen LogP contribution in [-0.4, -0.2) is 115 Å². The molecule has 1 aromatic carbocycles. The molecule has 63 heavy (non-hydrogen) atoms. The Labute approximate surface area is 359 Å². The zero-order valence-electron chi connectivity index (χ0n) is 35.3. The number of methoxy groups -OCH3 is 2. The Morgan fingerprint density at radius 1 is 1.03 bits per heavy atom. The molecule has 2 aliphatic carbocycles. The highest BCUT2D eigenvalue weighted by atomic mass is 32.2. The van der Waals surface area contributed by atoms with Crippen molar-refractivity contribution in [2.75, 3.05) is 27.4 Å². The topological polar surface area (TPSA) is 204 Å². The molecule has 4 aliphatic rings. The average Bonchev–Trinajstić information content (AvgIpc) is 4.06. The molecular weight excluding hydrogens is 871 g/mol. The van der Waals surface area contributed by atoms with E-state index < -0.39 is 117 Å². The van der Waals surface area contributed by atoms with Crippen molar-refractivity contribution >= 4 is 44.9 Å². The zero-order valence-corrected chi connectivity index (χ0v) is 36.1. The highest BCUT2D eigenvalue weighted by Gasteiger charge is 2.63. The van der Waals surface area contributed by atoms with E-state index in [9.17, 15) is 53.9 Å². The highest BCUT2D eigenvalue weighted by Crippen LogP contribution is 2.48. The summed E-state index contributed by atoms with van der Waals surface area (Å²) >= 11 is 0. The van der Waals surface area contributed by atoms with E-state index in [1.807, 2.05) is 6.92 Å². The van der Waals surface area contributed by atoms with E-state index in [1.165, 1.54) is 39.3 Å². The molecule has 23 heteroatoms. The summed E-state index contributed by atoms with van der Waals surface area (Å²) in [6.07, 6.45) is -8.77. The van der Waals surface area contributed by atoms with Gasteiger partial charge in [-0.3, -0.25) is 19.1 Å². The first kappa shape index (κ1) is 47.5. The van der Waals surface area contributed by atoms with E-state index >= 15 is 0 Å². The first-order valence-electron chi connectivity index (χ1n) is 20.2. The van der Waals surface area contributed by atoms with Crippen molar-refractivity contribution in [2.24, 2.45) is 17.8 Å². The fourth-order valence-electron chi connectivity index (χ4n) is 7.81. The summed E-state index contributed by atoms with van der Waals surface area (Å²) in [6, 6.07) is 0.527. The van der Waals surface area contributed by atoms with Gasteiger partial charge in [-0.15, -0.1) is 0 Å². The van der Waals surface area contributed by atoms with E-state index in [-0.39, 0.29) is 42.1 Å². The van der Waals surface area contributed by atoms with Crippen molar-refractivity contribution in [1.29, 1.82) is 0 Å². The van der Waals surface area contributed by atoms with Crippen molar-refractivity contribution < 1.29 is 72.9 Å². The molecule has 16 nitrogen and oxygen atoms in total. The van der Waals surface area contributed by atoms with Crippen LogP contribution in [0.3, 0.4) is 0 Å². The minimum absolute atomic E-state index is 0.0462. The Morgan fingerprint density at radius 3 is 2.35 bits per heavy atom. The van der Waals surface area contributed by atoms with Gasteiger partial charge >= 0.3 is 18.4 Å². The number of sulfonamides is 1. The third kappa shape index (κ3) is 10.1. The third-order valence-electron chi connectivity index (χ3n) is 12.2. The molecule has 0 spiro atoms. The maximum atomic E-state index is 14.9. The second-order valence-electron chi connectivity index (χ2n) is 17.4. The van der Waals surface area contributed by atoms with E-state index in [1.54, 1.807) is 12.2 Å². The predicted octanol–water partition coefficient (Wildman–Crippen LogP) is 4.95. The molecule has 7 atom stereocenters. The molecule has 4 amide bonds. The number of alkyl halides is 6. The van der Waals surface area contributed by atoms with Gasteiger partial charge < -0.3 is 34.5 Å². The van der Waals surface area contributed by atoms with Crippen LogP contribution in [0.15, 0.2) is 30.4 Å². The number of hydrogen-bond donors (Lipinski definition) is 3. The number of ether oxygens (including phenoxy) is 4. The maximum absolute atomic E-state index is 14.9. The second-order valence-corrected chi connectivity index (χ2v) is 19.6. The Bertz CT molecular complexity index is 2250. The molecule has 1 aromatic heterocycles. The van der Waals surface area contributed by atoms with Gasteiger partial charge in [0.25, 0.3) is 5.91 Å². The van der Waals surface area contributed by atoms with Gasteiger partial charge in [0.2, 0.25) is 39.0 Å². The molecule has 2 saturated carbocycles. The number of fused-ring (bicyclic) bond motifs is 3. The third-order valence-corrected chi connectivity index (χ3v) is 14.3.